The summed E-state index contributed by atoms with van der Waals surface area (Å²) < 4.78 is 4.34. The van der Waals surface area contributed by atoms with Crippen LogP contribution in [0.4, 0.5) is 0 Å². The second-order valence-corrected chi connectivity index (χ2v) is 2.50. The summed E-state index contributed by atoms with van der Waals surface area (Å²) in [7, 11) is 0. The monoisotopic (exact) mass is 186 g/mol. The molecule has 3 nitrogen and oxygen atoms in total. The highest BCUT2D eigenvalue weighted by Gasteiger charge is 2.04. The second kappa shape index (κ2) is 4.09. The number of aliphatic hydroxyl groups excluding tert-OH is 1. The van der Waals surface area contributed by atoms with E-state index >= 15 is 0 Å². The van der Waals surface area contributed by atoms with Crippen LogP contribution in [0.2, 0.25) is 5.02 Å². The van der Waals surface area contributed by atoms with Crippen LogP contribution in [0, 0.1) is 0 Å². The third kappa shape index (κ3) is 2.22. The van der Waals surface area contributed by atoms with E-state index < -0.39 is 12.8 Å². The number of carbonyl (C=O) groups excluding carboxylic acids is 1. The highest BCUT2D eigenvalue weighted by Crippen LogP contribution is 2.09. The van der Waals surface area contributed by atoms with E-state index in [2.05, 4.69) is 4.74 Å². The Morgan fingerprint density at radius 2 is 2.00 bits per heavy atom. The molecule has 0 spiro atoms. The number of aliphatic hydroxyl groups is 1. The summed E-state index contributed by atoms with van der Waals surface area (Å²) in [5, 5.41) is 8.83. The summed E-state index contributed by atoms with van der Waals surface area (Å²) in [6.45, 7) is -0.610. The van der Waals surface area contributed by atoms with Crippen LogP contribution in [-0.2, 0) is 4.74 Å². The van der Waals surface area contributed by atoms with Crippen molar-refractivity contribution >= 4 is 17.6 Å². The van der Waals surface area contributed by atoms with Crippen LogP contribution in [0.3, 0.4) is 0 Å². The van der Waals surface area contributed by atoms with Crippen molar-refractivity contribution in [1.82, 2.24) is 0 Å². The lowest BCUT2D eigenvalue weighted by Crippen LogP contribution is -2.05. The first-order valence-corrected chi connectivity index (χ1v) is 3.65. The largest absolute Gasteiger partial charge is 0.435 e. The zero-order chi connectivity index (χ0) is 8.97. The van der Waals surface area contributed by atoms with Crippen LogP contribution >= 0.6 is 11.6 Å². The lowest BCUT2D eigenvalue weighted by molar-refractivity contribution is 0.00684. The van der Waals surface area contributed by atoms with E-state index in [0.29, 0.717) is 10.6 Å². The van der Waals surface area contributed by atoms with E-state index in [0.717, 1.165) is 0 Å². The molecule has 0 saturated heterocycles. The van der Waals surface area contributed by atoms with E-state index in [1.54, 1.807) is 12.1 Å². The normalized spacial score (nSPS) is 9.50. The van der Waals surface area contributed by atoms with Crippen LogP contribution in [0.25, 0.3) is 0 Å². The minimum atomic E-state index is -0.610. The Hall–Kier alpha value is -1.06. The van der Waals surface area contributed by atoms with Gasteiger partial charge in [0, 0.05) is 5.02 Å². The summed E-state index contributed by atoms with van der Waals surface area (Å²) in [5.74, 6) is -0.561. The highest BCUT2D eigenvalue weighted by molar-refractivity contribution is 6.30. The maximum absolute atomic E-state index is 10.9. The molecule has 1 aromatic carbocycles. The first kappa shape index (κ1) is 9.03. The minimum Gasteiger partial charge on any atom is -0.435 e. The van der Waals surface area contributed by atoms with E-state index in [4.69, 9.17) is 16.7 Å². The number of rotatable bonds is 2. The molecule has 0 heterocycles. The van der Waals surface area contributed by atoms with Gasteiger partial charge in [-0.15, -0.1) is 0 Å². The van der Waals surface area contributed by atoms with E-state index in [-0.39, 0.29) is 0 Å². The Morgan fingerprint density at radius 1 is 1.42 bits per heavy atom. The van der Waals surface area contributed by atoms with Gasteiger partial charge in [-0.2, -0.15) is 0 Å². The average Bonchev–Trinajstić information content (AvgIpc) is 2.06. The van der Waals surface area contributed by atoms with Crippen LogP contribution < -0.4 is 0 Å². The van der Waals surface area contributed by atoms with E-state index in [1.165, 1.54) is 12.1 Å². The molecule has 0 aliphatic heterocycles. The van der Waals surface area contributed by atoms with Gasteiger partial charge in [0.2, 0.25) is 0 Å². The Kier molecular flexibility index (Phi) is 3.08. The van der Waals surface area contributed by atoms with E-state index in [9.17, 15) is 4.79 Å². The molecular weight excluding hydrogens is 180 g/mol. The molecular formula is C8H7ClO3. The third-order valence-corrected chi connectivity index (χ3v) is 1.53. The molecule has 1 N–H and O–H groups in total. The first-order valence-electron chi connectivity index (χ1n) is 3.27. The molecule has 0 unspecified atom stereocenters. The summed E-state index contributed by atoms with van der Waals surface area (Å²) in [4.78, 5) is 10.9. The summed E-state index contributed by atoms with van der Waals surface area (Å²) >= 11 is 5.59. The SMILES string of the molecule is O=C(OCO)c1ccc(Cl)cc1. The predicted octanol–water partition coefficient (Wildman–Crippen LogP) is 1.45. The zero-order valence-corrected chi connectivity index (χ0v) is 6.91. The fourth-order valence-corrected chi connectivity index (χ4v) is 0.854. The molecule has 64 valence electrons. The zero-order valence-electron chi connectivity index (χ0n) is 6.16. The third-order valence-electron chi connectivity index (χ3n) is 1.28. The van der Waals surface area contributed by atoms with Crippen molar-refractivity contribution in [3.05, 3.63) is 34.9 Å². The molecule has 0 saturated carbocycles. The molecule has 0 bridgehead atoms. The van der Waals surface area contributed by atoms with Crippen LogP contribution in [0.1, 0.15) is 10.4 Å². The Labute approximate surface area is 74.5 Å². The van der Waals surface area contributed by atoms with Crippen LogP contribution in [-0.4, -0.2) is 17.9 Å². The molecule has 1 rings (SSSR count). The smallest absolute Gasteiger partial charge is 0.340 e. The summed E-state index contributed by atoms with van der Waals surface area (Å²) in [6, 6.07) is 6.21. The molecule has 0 amide bonds. The molecule has 0 atom stereocenters. The van der Waals surface area contributed by atoms with Gasteiger partial charge in [-0.05, 0) is 24.3 Å². The maximum Gasteiger partial charge on any atom is 0.340 e. The van der Waals surface area contributed by atoms with Crippen molar-refractivity contribution in [1.29, 1.82) is 0 Å². The van der Waals surface area contributed by atoms with Crippen molar-refractivity contribution in [3.8, 4) is 0 Å². The fourth-order valence-electron chi connectivity index (χ4n) is 0.728. The van der Waals surface area contributed by atoms with Crippen molar-refractivity contribution < 1.29 is 14.6 Å². The molecule has 12 heavy (non-hydrogen) atoms. The summed E-state index contributed by atoms with van der Waals surface area (Å²) in [6.07, 6.45) is 0. The highest BCUT2D eigenvalue weighted by atomic mass is 35.5. The molecule has 0 aliphatic carbocycles. The van der Waals surface area contributed by atoms with Gasteiger partial charge in [0.25, 0.3) is 0 Å². The quantitative estimate of drug-likeness (QED) is 0.562. The fraction of sp³-hybridized carbons (Fsp3) is 0.125. The van der Waals surface area contributed by atoms with Crippen LogP contribution in [0.5, 0.6) is 0 Å². The number of hydrogen-bond donors (Lipinski definition) is 1. The number of halogens is 1. The number of hydrogen-bond acceptors (Lipinski definition) is 3. The molecule has 0 aromatic heterocycles. The van der Waals surface area contributed by atoms with Gasteiger partial charge < -0.3 is 9.84 Å². The molecule has 0 radical (unpaired) electrons. The van der Waals surface area contributed by atoms with Crippen LogP contribution in [0.15, 0.2) is 24.3 Å². The van der Waals surface area contributed by atoms with Gasteiger partial charge in [-0.3, -0.25) is 0 Å². The van der Waals surface area contributed by atoms with Crippen molar-refractivity contribution in [2.45, 2.75) is 0 Å². The Morgan fingerprint density at radius 3 is 2.50 bits per heavy atom. The number of ether oxygens (including phenoxy) is 1. The predicted molar refractivity (Wildman–Crippen MR) is 44.0 cm³/mol. The van der Waals surface area contributed by atoms with Gasteiger partial charge in [-0.25, -0.2) is 4.79 Å². The topological polar surface area (TPSA) is 46.5 Å². The van der Waals surface area contributed by atoms with Crippen molar-refractivity contribution in [2.24, 2.45) is 0 Å². The molecule has 0 aliphatic rings. The maximum atomic E-state index is 10.9. The Balaban J connectivity index is 2.75. The Bertz CT molecular complexity index is 268. The van der Waals surface area contributed by atoms with Gasteiger partial charge >= 0.3 is 5.97 Å². The number of benzene rings is 1. The van der Waals surface area contributed by atoms with Gasteiger partial charge in [0.05, 0.1) is 5.56 Å². The van der Waals surface area contributed by atoms with E-state index in [1.807, 2.05) is 0 Å². The van der Waals surface area contributed by atoms with Crippen molar-refractivity contribution in [2.75, 3.05) is 6.79 Å². The molecule has 1 aromatic rings. The molecule has 0 fully saturated rings. The second-order valence-electron chi connectivity index (χ2n) is 2.07. The van der Waals surface area contributed by atoms with Crippen molar-refractivity contribution in [3.63, 3.8) is 0 Å². The average molecular weight is 187 g/mol. The first-order chi connectivity index (χ1) is 5.74. The number of esters is 1. The van der Waals surface area contributed by atoms with Gasteiger partial charge in [0.15, 0.2) is 6.79 Å². The van der Waals surface area contributed by atoms with Gasteiger partial charge in [0.1, 0.15) is 0 Å². The standard InChI is InChI=1S/C8H7ClO3/c9-7-3-1-6(2-4-7)8(11)12-5-10/h1-4,10H,5H2. The lowest BCUT2D eigenvalue weighted by Gasteiger charge is -1.99. The lowest BCUT2D eigenvalue weighted by atomic mass is 10.2. The number of carbonyl (C=O) groups is 1. The minimum absolute atomic E-state index is 0.369. The summed E-state index contributed by atoms with van der Waals surface area (Å²) in [5.41, 5.74) is 0.369. The van der Waals surface area contributed by atoms with Gasteiger partial charge in [-0.1, -0.05) is 11.6 Å². The molecule has 4 heteroatoms.